The number of rotatable bonds is 6. The number of carbonyl (C=O) groups excluding carboxylic acids is 1. The van der Waals surface area contributed by atoms with Crippen molar-refractivity contribution in [2.75, 3.05) is 19.0 Å². The summed E-state index contributed by atoms with van der Waals surface area (Å²) in [6, 6.07) is 7.81. The zero-order valence-corrected chi connectivity index (χ0v) is 14.4. The Kier molecular flexibility index (Phi) is 4.74. The summed E-state index contributed by atoms with van der Waals surface area (Å²) >= 11 is 0. The first-order valence-corrected chi connectivity index (χ1v) is 8.28. The number of amides is 2. The lowest BCUT2D eigenvalue weighted by atomic mass is 10.2. The van der Waals surface area contributed by atoms with Gasteiger partial charge in [-0.1, -0.05) is 6.07 Å². The summed E-state index contributed by atoms with van der Waals surface area (Å²) < 4.78 is 5.48. The van der Waals surface area contributed by atoms with Crippen LogP contribution in [0.15, 0.2) is 41.1 Å². The number of aromatic nitrogens is 1. The Balaban J connectivity index is 1.69. The molecule has 0 aliphatic heterocycles. The second-order valence-corrected chi connectivity index (χ2v) is 6.37. The molecule has 0 bridgehead atoms. The van der Waals surface area contributed by atoms with Gasteiger partial charge in [-0.3, -0.25) is 0 Å². The first-order chi connectivity index (χ1) is 11.6. The van der Waals surface area contributed by atoms with E-state index in [0.717, 1.165) is 30.0 Å². The van der Waals surface area contributed by atoms with E-state index in [0.29, 0.717) is 12.6 Å². The van der Waals surface area contributed by atoms with Gasteiger partial charge < -0.3 is 19.5 Å². The minimum Gasteiger partial charge on any atom is -0.467 e. The van der Waals surface area contributed by atoms with Crippen molar-refractivity contribution < 1.29 is 9.21 Å². The molecule has 1 aliphatic rings. The molecule has 128 valence electrons. The smallest absolute Gasteiger partial charge is 0.318 e. The highest BCUT2D eigenvalue weighted by molar-refractivity contribution is 5.75. The molecule has 0 aromatic carbocycles. The maximum absolute atomic E-state index is 12.8. The van der Waals surface area contributed by atoms with Crippen LogP contribution in [0.5, 0.6) is 0 Å². The molecule has 2 aromatic rings. The van der Waals surface area contributed by atoms with Crippen molar-refractivity contribution in [3.05, 3.63) is 48.0 Å². The van der Waals surface area contributed by atoms with E-state index in [2.05, 4.69) is 10.3 Å². The van der Waals surface area contributed by atoms with E-state index in [4.69, 9.17) is 4.42 Å². The molecule has 3 rings (SSSR count). The Morgan fingerprint density at radius 2 is 2.17 bits per heavy atom. The van der Waals surface area contributed by atoms with E-state index in [1.165, 1.54) is 0 Å². The fraction of sp³-hybridized carbons (Fsp3) is 0.444. The highest BCUT2D eigenvalue weighted by Gasteiger charge is 2.37. The number of urea groups is 1. The first kappa shape index (κ1) is 16.4. The summed E-state index contributed by atoms with van der Waals surface area (Å²) in [6.07, 6.45) is 5.51. The van der Waals surface area contributed by atoms with E-state index < -0.39 is 0 Å². The van der Waals surface area contributed by atoms with Crippen molar-refractivity contribution in [3.8, 4) is 0 Å². The summed E-state index contributed by atoms with van der Waals surface area (Å²) in [5.74, 6) is 1.68. The minimum atomic E-state index is -0.0743. The summed E-state index contributed by atoms with van der Waals surface area (Å²) in [5, 5.41) is 3.04. The van der Waals surface area contributed by atoms with Gasteiger partial charge in [-0.2, -0.15) is 0 Å². The van der Waals surface area contributed by atoms with E-state index >= 15 is 0 Å². The number of pyridine rings is 1. The first-order valence-electron chi connectivity index (χ1n) is 8.28. The zero-order valence-electron chi connectivity index (χ0n) is 14.4. The Morgan fingerprint density at radius 1 is 1.38 bits per heavy atom. The molecule has 0 radical (unpaired) electrons. The molecule has 0 spiro atoms. The molecule has 2 heterocycles. The number of hydrogen-bond acceptors (Lipinski definition) is 4. The Labute approximate surface area is 142 Å². The van der Waals surface area contributed by atoms with Gasteiger partial charge in [-0.05, 0) is 38.0 Å². The number of furan rings is 1. The van der Waals surface area contributed by atoms with Crippen molar-refractivity contribution in [1.29, 1.82) is 0 Å². The summed E-state index contributed by atoms with van der Waals surface area (Å²) in [5.41, 5.74) is 0.997. The van der Waals surface area contributed by atoms with E-state index in [-0.39, 0.29) is 12.1 Å². The molecule has 1 N–H and O–H groups in total. The van der Waals surface area contributed by atoms with Crippen LogP contribution in [-0.4, -0.2) is 36.1 Å². The SMILES string of the molecule is C[C@H](c1ccco1)N(C(=O)NCc1cccnc1N(C)C)C1CC1. The van der Waals surface area contributed by atoms with Crippen LogP contribution in [-0.2, 0) is 6.54 Å². The van der Waals surface area contributed by atoms with Crippen LogP contribution >= 0.6 is 0 Å². The van der Waals surface area contributed by atoms with Crippen LogP contribution in [0.1, 0.15) is 37.1 Å². The van der Waals surface area contributed by atoms with Crippen molar-refractivity contribution in [3.63, 3.8) is 0 Å². The predicted molar refractivity (Wildman–Crippen MR) is 92.8 cm³/mol. The third-order valence-corrected chi connectivity index (χ3v) is 4.27. The number of anilines is 1. The second kappa shape index (κ2) is 6.95. The fourth-order valence-corrected chi connectivity index (χ4v) is 2.91. The lowest BCUT2D eigenvalue weighted by Gasteiger charge is -2.28. The fourth-order valence-electron chi connectivity index (χ4n) is 2.91. The van der Waals surface area contributed by atoms with Crippen molar-refractivity contribution in [2.45, 2.75) is 38.4 Å². The van der Waals surface area contributed by atoms with Crippen molar-refractivity contribution in [2.24, 2.45) is 0 Å². The van der Waals surface area contributed by atoms with Crippen LogP contribution in [0.3, 0.4) is 0 Å². The van der Waals surface area contributed by atoms with Gasteiger partial charge in [0.25, 0.3) is 0 Å². The zero-order chi connectivity index (χ0) is 17.1. The van der Waals surface area contributed by atoms with Gasteiger partial charge in [0.1, 0.15) is 11.6 Å². The van der Waals surface area contributed by atoms with Crippen molar-refractivity contribution >= 4 is 11.8 Å². The predicted octanol–water partition coefficient (Wildman–Crippen LogP) is 3.18. The molecular weight excluding hydrogens is 304 g/mol. The van der Waals surface area contributed by atoms with E-state index in [1.54, 1.807) is 12.5 Å². The molecule has 2 amide bonds. The molecule has 1 aliphatic carbocycles. The van der Waals surface area contributed by atoms with Gasteiger partial charge in [0.2, 0.25) is 0 Å². The van der Waals surface area contributed by atoms with Crippen LogP contribution in [0.2, 0.25) is 0 Å². The minimum absolute atomic E-state index is 0.0602. The quantitative estimate of drug-likeness (QED) is 0.885. The largest absolute Gasteiger partial charge is 0.467 e. The highest BCUT2D eigenvalue weighted by Crippen LogP contribution is 2.34. The van der Waals surface area contributed by atoms with Crippen molar-refractivity contribution in [1.82, 2.24) is 15.2 Å². The second-order valence-electron chi connectivity index (χ2n) is 6.37. The maximum Gasteiger partial charge on any atom is 0.318 e. The molecule has 1 saturated carbocycles. The topological polar surface area (TPSA) is 61.6 Å². The van der Waals surface area contributed by atoms with Gasteiger partial charge in [0.05, 0.1) is 12.3 Å². The Morgan fingerprint density at radius 3 is 2.79 bits per heavy atom. The molecule has 1 atom stereocenters. The maximum atomic E-state index is 12.8. The molecule has 24 heavy (non-hydrogen) atoms. The number of nitrogens with one attached hydrogen (secondary N) is 1. The normalized spacial score (nSPS) is 15.0. The molecule has 0 unspecified atom stereocenters. The number of hydrogen-bond donors (Lipinski definition) is 1. The van der Waals surface area contributed by atoms with Crippen LogP contribution in [0.25, 0.3) is 0 Å². The van der Waals surface area contributed by atoms with Crippen LogP contribution in [0, 0.1) is 0 Å². The monoisotopic (exact) mass is 328 g/mol. The molecule has 0 saturated heterocycles. The lowest BCUT2D eigenvalue weighted by Crippen LogP contribution is -2.42. The standard InChI is InChI=1S/C18H24N4O2/c1-13(16-7-5-11-24-16)22(15-8-9-15)18(23)20-12-14-6-4-10-19-17(14)21(2)3/h4-7,10-11,13,15H,8-9,12H2,1-3H3,(H,20,23)/t13-/m1/s1. The summed E-state index contributed by atoms with van der Waals surface area (Å²) in [7, 11) is 3.90. The number of carbonyl (C=O) groups is 1. The molecule has 6 heteroatoms. The van der Waals surface area contributed by atoms with Gasteiger partial charge in [0.15, 0.2) is 0 Å². The Hall–Kier alpha value is -2.50. The van der Waals surface area contributed by atoms with E-state index in [1.807, 2.05) is 55.1 Å². The lowest BCUT2D eigenvalue weighted by molar-refractivity contribution is 0.166. The van der Waals surface area contributed by atoms with Gasteiger partial charge in [-0.25, -0.2) is 9.78 Å². The van der Waals surface area contributed by atoms with Gasteiger partial charge in [-0.15, -0.1) is 0 Å². The van der Waals surface area contributed by atoms with Gasteiger partial charge in [0, 0.05) is 38.4 Å². The molecule has 6 nitrogen and oxygen atoms in total. The third-order valence-electron chi connectivity index (χ3n) is 4.27. The third kappa shape index (κ3) is 3.53. The van der Waals surface area contributed by atoms with Crippen LogP contribution in [0.4, 0.5) is 10.6 Å². The Bertz CT molecular complexity index is 680. The average molecular weight is 328 g/mol. The van der Waals surface area contributed by atoms with Gasteiger partial charge >= 0.3 is 6.03 Å². The molecule has 1 fully saturated rings. The van der Waals surface area contributed by atoms with E-state index in [9.17, 15) is 4.79 Å². The highest BCUT2D eigenvalue weighted by atomic mass is 16.3. The summed E-state index contributed by atoms with van der Waals surface area (Å²) in [6.45, 7) is 2.46. The molecule has 2 aromatic heterocycles. The summed E-state index contributed by atoms with van der Waals surface area (Å²) in [4.78, 5) is 21.0. The average Bonchev–Trinajstić information content (AvgIpc) is 3.24. The number of nitrogens with zero attached hydrogens (tertiary/aromatic N) is 3. The van der Waals surface area contributed by atoms with Crippen LogP contribution < -0.4 is 10.2 Å². The molecular formula is C18H24N4O2.